The highest BCUT2D eigenvalue weighted by Crippen LogP contribution is 2.29. The molecule has 1 saturated heterocycles. The van der Waals surface area contributed by atoms with Crippen molar-refractivity contribution in [3.63, 3.8) is 0 Å². The monoisotopic (exact) mass is 305 g/mol. The largest absolute Gasteiger partial charge is 0.486 e. The van der Waals surface area contributed by atoms with Crippen LogP contribution in [0.2, 0.25) is 5.02 Å². The van der Waals surface area contributed by atoms with Crippen molar-refractivity contribution in [2.24, 2.45) is 5.73 Å². The Balaban J connectivity index is 2.25. The first kappa shape index (κ1) is 14.6. The van der Waals surface area contributed by atoms with Crippen molar-refractivity contribution in [2.75, 3.05) is 11.5 Å². The molecule has 2 rings (SSSR count). The first-order valence-corrected chi connectivity index (χ1v) is 8.08. The van der Waals surface area contributed by atoms with Crippen LogP contribution < -0.4 is 10.5 Å². The lowest BCUT2D eigenvalue weighted by molar-refractivity contribution is 0.0729. The predicted molar refractivity (Wildman–Crippen MR) is 73.1 cm³/mol. The lowest BCUT2D eigenvalue weighted by atomic mass is 10.1. The summed E-state index contributed by atoms with van der Waals surface area (Å²) in [6.07, 6.45) is -1.77. The second-order valence-corrected chi connectivity index (χ2v) is 7.36. The lowest BCUT2D eigenvalue weighted by Gasteiger charge is -2.20. The molecule has 1 aliphatic heterocycles. The molecule has 106 valence electrons. The van der Waals surface area contributed by atoms with Gasteiger partial charge in [-0.2, -0.15) is 0 Å². The van der Waals surface area contributed by atoms with Crippen molar-refractivity contribution in [2.45, 2.75) is 25.2 Å². The van der Waals surface area contributed by atoms with Crippen LogP contribution in [0.1, 0.15) is 18.5 Å². The molecule has 0 amide bonds. The Morgan fingerprint density at radius 2 is 2.16 bits per heavy atom. The molecule has 1 fully saturated rings. The van der Waals surface area contributed by atoms with E-state index in [1.807, 2.05) is 0 Å². The highest BCUT2D eigenvalue weighted by molar-refractivity contribution is 7.91. The Kier molecular flexibility index (Phi) is 4.06. The minimum absolute atomic E-state index is 0.185. The summed E-state index contributed by atoms with van der Waals surface area (Å²) in [6, 6.07) is 4.65. The van der Waals surface area contributed by atoms with Gasteiger partial charge in [0.2, 0.25) is 0 Å². The van der Waals surface area contributed by atoms with Crippen molar-refractivity contribution < 1.29 is 18.3 Å². The Hall–Kier alpha value is -0.820. The summed E-state index contributed by atoms with van der Waals surface area (Å²) in [5.74, 6) is 0.00840. The van der Waals surface area contributed by atoms with Crippen molar-refractivity contribution in [1.82, 2.24) is 0 Å². The van der Waals surface area contributed by atoms with Gasteiger partial charge in [-0.05, 0) is 25.1 Å². The van der Waals surface area contributed by atoms with Crippen LogP contribution >= 0.6 is 11.6 Å². The highest BCUT2D eigenvalue weighted by Gasteiger charge is 2.38. The molecule has 1 aromatic carbocycles. The number of hydrogen-bond acceptors (Lipinski definition) is 5. The third kappa shape index (κ3) is 3.39. The number of nitrogens with two attached hydrogens (primary N) is 1. The van der Waals surface area contributed by atoms with Crippen LogP contribution in [0.5, 0.6) is 5.75 Å². The van der Waals surface area contributed by atoms with E-state index in [1.54, 1.807) is 25.1 Å². The molecule has 19 heavy (non-hydrogen) atoms. The fourth-order valence-electron chi connectivity index (χ4n) is 2.06. The zero-order chi connectivity index (χ0) is 14.2. The van der Waals surface area contributed by atoms with E-state index in [2.05, 4.69) is 0 Å². The number of rotatable bonds is 3. The Morgan fingerprint density at radius 1 is 1.47 bits per heavy atom. The molecule has 3 N–H and O–H groups in total. The number of ether oxygens (including phenoxy) is 1. The third-order valence-electron chi connectivity index (χ3n) is 3.01. The molecular weight excluding hydrogens is 290 g/mol. The maximum atomic E-state index is 11.4. The van der Waals surface area contributed by atoms with E-state index in [4.69, 9.17) is 22.1 Å². The van der Waals surface area contributed by atoms with Gasteiger partial charge >= 0.3 is 0 Å². The molecule has 1 aliphatic rings. The molecule has 0 aliphatic carbocycles. The zero-order valence-electron chi connectivity index (χ0n) is 10.4. The summed E-state index contributed by atoms with van der Waals surface area (Å²) in [6.45, 7) is 1.78. The molecule has 3 atom stereocenters. The quantitative estimate of drug-likeness (QED) is 0.866. The molecule has 7 heteroatoms. The smallest absolute Gasteiger partial charge is 0.156 e. The number of benzene rings is 1. The molecular formula is C12H16ClNO4S. The van der Waals surface area contributed by atoms with Crippen LogP contribution in [0.3, 0.4) is 0 Å². The molecule has 0 radical (unpaired) electrons. The topological polar surface area (TPSA) is 89.6 Å². The number of hydrogen-bond donors (Lipinski definition) is 2. The van der Waals surface area contributed by atoms with Crippen molar-refractivity contribution >= 4 is 21.4 Å². The summed E-state index contributed by atoms with van der Waals surface area (Å²) in [7, 11) is -3.24. The zero-order valence-corrected chi connectivity index (χ0v) is 12.0. The van der Waals surface area contributed by atoms with Crippen molar-refractivity contribution in [3.8, 4) is 5.75 Å². The molecule has 0 bridgehead atoms. The number of aliphatic hydroxyl groups is 1. The van der Waals surface area contributed by atoms with E-state index in [0.717, 1.165) is 0 Å². The van der Waals surface area contributed by atoms with E-state index in [0.29, 0.717) is 16.3 Å². The SMILES string of the molecule is C[C@@H](N)c1cc(Cl)ccc1OC1CS(=O)(=O)CC1O. The summed E-state index contributed by atoms with van der Waals surface area (Å²) >= 11 is 5.90. The van der Waals surface area contributed by atoms with Crippen LogP contribution in [0.25, 0.3) is 0 Å². The van der Waals surface area contributed by atoms with Crippen LogP contribution in [-0.4, -0.2) is 37.2 Å². The Morgan fingerprint density at radius 3 is 2.68 bits per heavy atom. The average Bonchev–Trinajstić information content (AvgIpc) is 2.54. The molecule has 0 spiro atoms. The summed E-state index contributed by atoms with van der Waals surface area (Å²) in [5, 5.41) is 10.2. The lowest BCUT2D eigenvalue weighted by Crippen LogP contribution is -2.30. The van der Waals surface area contributed by atoms with Crippen molar-refractivity contribution in [1.29, 1.82) is 0 Å². The average molecular weight is 306 g/mol. The van der Waals surface area contributed by atoms with Gasteiger partial charge in [-0.3, -0.25) is 0 Å². The molecule has 5 nitrogen and oxygen atoms in total. The number of halogens is 1. The fraction of sp³-hybridized carbons (Fsp3) is 0.500. The first-order chi connectivity index (χ1) is 8.78. The maximum Gasteiger partial charge on any atom is 0.156 e. The minimum Gasteiger partial charge on any atom is -0.486 e. The molecule has 1 heterocycles. The Bertz CT molecular complexity index is 573. The highest BCUT2D eigenvalue weighted by atomic mass is 35.5. The maximum absolute atomic E-state index is 11.4. The van der Waals surface area contributed by atoms with Crippen LogP contribution in [-0.2, 0) is 9.84 Å². The van der Waals surface area contributed by atoms with Gasteiger partial charge in [-0.25, -0.2) is 8.42 Å². The van der Waals surface area contributed by atoms with Gasteiger partial charge < -0.3 is 15.6 Å². The van der Waals surface area contributed by atoms with Gasteiger partial charge in [0.1, 0.15) is 18.0 Å². The van der Waals surface area contributed by atoms with E-state index < -0.39 is 22.0 Å². The van der Waals surface area contributed by atoms with Gasteiger partial charge in [0.15, 0.2) is 9.84 Å². The summed E-state index contributed by atoms with van der Waals surface area (Å²) in [5.41, 5.74) is 6.51. The van der Waals surface area contributed by atoms with Gasteiger partial charge in [0.25, 0.3) is 0 Å². The first-order valence-electron chi connectivity index (χ1n) is 5.88. The molecule has 0 aromatic heterocycles. The second-order valence-electron chi connectivity index (χ2n) is 4.77. The van der Waals surface area contributed by atoms with Gasteiger partial charge in [0.05, 0.1) is 11.5 Å². The van der Waals surface area contributed by atoms with Gasteiger partial charge in [0, 0.05) is 16.6 Å². The molecule has 0 saturated carbocycles. The molecule has 2 unspecified atom stereocenters. The summed E-state index contributed by atoms with van der Waals surface area (Å²) < 4.78 is 28.5. The van der Waals surface area contributed by atoms with Crippen molar-refractivity contribution in [3.05, 3.63) is 28.8 Å². The molecule has 1 aromatic rings. The number of aliphatic hydroxyl groups excluding tert-OH is 1. The standard InChI is InChI=1S/C12H16ClNO4S/c1-7(14)9-4-8(13)2-3-11(9)18-12-6-19(16,17)5-10(12)15/h2-4,7,10,12,15H,5-6,14H2,1H3/t7-,10?,12?/m1/s1. The van der Waals surface area contributed by atoms with E-state index >= 15 is 0 Å². The van der Waals surface area contributed by atoms with Gasteiger partial charge in [-0.1, -0.05) is 11.6 Å². The van der Waals surface area contributed by atoms with E-state index in [-0.39, 0.29) is 17.5 Å². The second kappa shape index (κ2) is 5.28. The third-order valence-corrected chi connectivity index (χ3v) is 4.93. The van der Waals surface area contributed by atoms with Crippen LogP contribution in [0, 0.1) is 0 Å². The van der Waals surface area contributed by atoms with E-state index in [1.165, 1.54) is 0 Å². The predicted octanol–water partition coefficient (Wildman–Crippen LogP) is 0.896. The number of sulfone groups is 1. The summed E-state index contributed by atoms with van der Waals surface area (Å²) in [4.78, 5) is 0. The normalized spacial score (nSPS) is 27.2. The fourth-order valence-corrected chi connectivity index (χ4v) is 3.90. The minimum atomic E-state index is -3.24. The van der Waals surface area contributed by atoms with Gasteiger partial charge in [-0.15, -0.1) is 0 Å². The van der Waals surface area contributed by atoms with E-state index in [9.17, 15) is 13.5 Å². The van der Waals surface area contributed by atoms with Crippen LogP contribution in [0.15, 0.2) is 18.2 Å². The van der Waals surface area contributed by atoms with Crippen LogP contribution in [0.4, 0.5) is 0 Å². The Labute approximate surface area is 117 Å².